The average molecular weight is 294 g/mol. The van der Waals surface area contributed by atoms with Crippen LogP contribution >= 0.6 is 0 Å². The van der Waals surface area contributed by atoms with Gasteiger partial charge in [-0.05, 0) is 31.6 Å². The summed E-state index contributed by atoms with van der Waals surface area (Å²) in [5.74, 6) is -2.35. The first-order valence-electron chi connectivity index (χ1n) is 6.59. The van der Waals surface area contributed by atoms with Gasteiger partial charge in [0.2, 0.25) is 0 Å². The van der Waals surface area contributed by atoms with Crippen LogP contribution in [0.25, 0.3) is 0 Å². The molecular weight excluding hydrogens is 277 g/mol. The maximum absolute atomic E-state index is 12.1. The molecule has 0 heterocycles. The van der Waals surface area contributed by atoms with E-state index in [1.807, 2.05) is 5.32 Å². The predicted octanol–water partition coefficient (Wildman–Crippen LogP) is 0.992. The molecule has 2 aliphatic carbocycles. The van der Waals surface area contributed by atoms with Crippen molar-refractivity contribution in [3.63, 3.8) is 0 Å². The molecule has 0 aromatic heterocycles. The van der Waals surface area contributed by atoms with E-state index >= 15 is 0 Å². The zero-order chi connectivity index (χ0) is 14.9. The summed E-state index contributed by atoms with van der Waals surface area (Å²) in [4.78, 5) is 23.4. The lowest BCUT2D eigenvalue weighted by molar-refractivity contribution is -0.175. The molecule has 8 heteroatoms. The highest BCUT2D eigenvalue weighted by atomic mass is 19.4. The van der Waals surface area contributed by atoms with Gasteiger partial charge in [-0.25, -0.2) is 0 Å². The normalized spacial score (nSPS) is 26.2. The van der Waals surface area contributed by atoms with Crippen LogP contribution in [0, 0.1) is 5.92 Å². The van der Waals surface area contributed by atoms with Crippen LogP contribution in [-0.2, 0) is 9.59 Å². The van der Waals surface area contributed by atoms with Gasteiger partial charge in [-0.3, -0.25) is 14.5 Å². The van der Waals surface area contributed by atoms with Crippen LogP contribution in [0.3, 0.4) is 0 Å². The van der Waals surface area contributed by atoms with Crippen LogP contribution < -0.4 is 5.32 Å². The van der Waals surface area contributed by atoms with E-state index in [1.165, 1.54) is 0 Å². The number of hydrogen-bond donors (Lipinski definition) is 2. The van der Waals surface area contributed by atoms with Gasteiger partial charge in [0.1, 0.15) is 0 Å². The van der Waals surface area contributed by atoms with Crippen molar-refractivity contribution in [3.05, 3.63) is 0 Å². The minimum atomic E-state index is -4.86. The third kappa shape index (κ3) is 4.09. The van der Waals surface area contributed by atoms with E-state index in [4.69, 9.17) is 5.11 Å². The number of alkyl halides is 3. The van der Waals surface area contributed by atoms with Crippen molar-refractivity contribution in [2.75, 3.05) is 13.1 Å². The van der Waals surface area contributed by atoms with Gasteiger partial charge in [0.15, 0.2) is 0 Å². The molecule has 2 saturated carbocycles. The number of carbonyl (C=O) groups is 2. The molecule has 2 aliphatic rings. The first-order chi connectivity index (χ1) is 9.25. The molecule has 0 saturated heterocycles. The summed E-state index contributed by atoms with van der Waals surface area (Å²) in [7, 11) is 0. The summed E-state index contributed by atoms with van der Waals surface area (Å²) < 4.78 is 36.2. The van der Waals surface area contributed by atoms with E-state index < -0.39 is 24.1 Å². The molecule has 5 nitrogen and oxygen atoms in total. The number of hydrogen-bond acceptors (Lipinski definition) is 3. The molecule has 0 unspecified atom stereocenters. The van der Waals surface area contributed by atoms with Crippen molar-refractivity contribution < 1.29 is 27.9 Å². The summed E-state index contributed by atoms with van der Waals surface area (Å²) in [6, 6.07) is -0.560. The monoisotopic (exact) mass is 294 g/mol. The Bertz CT molecular complexity index is 390. The fourth-order valence-electron chi connectivity index (χ4n) is 2.42. The van der Waals surface area contributed by atoms with Gasteiger partial charge >= 0.3 is 18.1 Å². The van der Waals surface area contributed by atoms with Gasteiger partial charge in [-0.2, -0.15) is 13.2 Å². The first kappa shape index (κ1) is 15.1. The lowest BCUT2D eigenvalue weighted by Crippen LogP contribution is -2.57. The highest BCUT2D eigenvalue weighted by Gasteiger charge is 2.43. The van der Waals surface area contributed by atoms with Crippen molar-refractivity contribution >= 4 is 11.9 Å². The van der Waals surface area contributed by atoms with Crippen molar-refractivity contribution in [2.45, 2.75) is 43.9 Å². The Kier molecular flexibility index (Phi) is 4.22. The second kappa shape index (κ2) is 5.59. The molecule has 0 atom stereocenters. The molecule has 2 fully saturated rings. The Morgan fingerprint density at radius 3 is 2.30 bits per heavy atom. The largest absolute Gasteiger partial charge is 0.480 e. The molecule has 20 heavy (non-hydrogen) atoms. The third-order valence-electron chi connectivity index (χ3n) is 3.75. The lowest BCUT2D eigenvalue weighted by atomic mass is 9.85. The van der Waals surface area contributed by atoms with E-state index in [-0.39, 0.29) is 12.6 Å². The van der Waals surface area contributed by atoms with E-state index in [0.29, 0.717) is 25.3 Å². The molecule has 0 aromatic rings. The predicted molar refractivity (Wildman–Crippen MR) is 62.9 cm³/mol. The number of carboxylic acid groups (broad SMARTS) is 1. The third-order valence-corrected chi connectivity index (χ3v) is 3.75. The Labute approximate surface area is 114 Å². The van der Waals surface area contributed by atoms with Crippen LogP contribution in [0.4, 0.5) is 13.2 Å². The number of nitrogens with one attached hydrogen (secondary N) is 1. The Hall–Kier alpha value is -1.31. The quantitative estimate of drug-likeness (QED) is 0.766. The van der Waals surface area contributed by atoms with Crippen molar-refractivity contribution in [3.8, 4) is 0 Å². The van der Waals surface area contributed by atoms with Crippen LogP contribution in [0.1, 0.15) is 25.7 Å². The molecule has 114 valence electrons. The minimum Gasteiger partial charge on any atom is -0.480 e. The standard InChI is InChI=1S/C12H17F3N2O3/c13-12(14,15)11(20)16-8-3-9(4-8)17(6-10(18)19)5-7-1-2-7/h7-9H,1-6H2,(H,16,20)(H,18,19). The topological polar surface area (TPSA) is 69.6 Å². The van der Waals surface area contributed by atoms with E-state index in [9.17, 15) is 22.8 Å². The Morgan fingerprint density at radius 2 is 1.85 bits per heavy atom. The van der Waals surface area contributed by atoms with Crippen molar-refractivity contribution in [1.82, 2.24) is 10.2 Å². The highest BCUT2D eigenvalue weighted by molar-refractivity contribution is 5.82. The molecule has 0 spiro atoms. The van der Waals surface area contributed by atoms with E-state index in [0.717, 1.165) is 12.8 Å². The van der Waals surface area contributed by atoms with Crippen LogP contribution in [0.2, 0.25) is 0 Å². The van der Waals surface area contributed by atoms with Crippen LogP contribution in [0.15, 0.2) is 0 Å². The number of carbonyl (C=O) groups excluding carboxylic acids is 1. The number of aliphatic carboxylic acids is 1. The minimum absolute atomic E-state index is 0.0507. The fraction of sp³-hybridized carbons (Fsp3) is 0.833. The van der Waals surface area contributed by atoms with Gasteiger partial charge in [0.05, 0.1) is 6.54 Å². The maximum atomic E-state index is 12.1. The zero-order valence-corrected chi connectivity index (χ0v) is 10.8. The molecule has 0 aromatic carbocycles. The molecular formula is C12H17F3N2O3. The first-order valence-corrected chi connectivity index (χ1v) is 6.59. The van der Waals surface area contributed by atoms with Gasteiger partial charge in [0, 0.05) is 18.6 Å². The molecule has 2 N–H and O–H groups in total. The van der Waals surface area contributed by atoms with Crippen molar-refractivity contribution in [2.24, 2.45) is 5.92 Å². The van der Waals surface area contributed by atoms with E-state index in [2.05, 4.69) is 0 Å². The zero-order valence-electron chi connectivity index (χ0n) is 10.8. The summed E-state index contributed by atoms with van der Waals surface area (Å²) in [6.45, 7) is 0.581. The van der Waals surface area contributed by atoms with Crippen LogP contribution in [-0.4, -0.2) is 53.2 Å². The van der Waals surface area contributed by atoms with Crippen LogP contribution in [0.5, 0.6) is 0 Å². The van der Waals surface area contributed by atoms with Crippen molar-refractivity contribution in [1.29, 1.82) is 0 Å². The number of carboxylic acids is 1. The number of halogens is 3. The molecule has 0 bridgehead atoms. The Balaban J connectivity index is 1.77. The van der Waals surface area contributed by atoms with Gasteiger partial charge in [0.25, 0.3) is 0 Å². The summed E-state index contributed by atoms with van der Waals surface area (Å²) >= 11 is 0. The molecule has 0 aliphatic heterocycles. The second-order valence-corrected chi connectivity index (χ2v) is 5.56. The summed E-state index contributed by atoms with van der Waals surface area (Å²) in [6.07, 6.45) is -1.95. The molecule has 2 rings (SSSR count). The summed E-state index contributed by atoms with van der Waals surface area (Å²) in [5, 5.41) is 10.8. The van der Waals surface area contributed by atoms with Gasteiger partial charge < -0.3 is 10.4 Å². The van der Waals surface area contributed by atoms with Gasteiger partial charge in [-0.15, -0.1) is 0 Å². The van der Waals surface area contributed by atoms with Gasteiger partial charge in [-0.1, -0.05) is 0 Å². The SMILES string of the molecule is O=C(O)CN(CC1CC1)C1CC(NC(=O)C(F)(F)F)C1. The molecule has 1 amide bonds. The number of nitrogens with zero attached hydrogens (tertiary/aromatic N) is 1. The second-order valence-electron chi connectivity index (χ2n) is 5.56. The lowest BCUT2D eigenvalue weighted by Gasteiger charge is -2.42. The van der Waals surface area contributed by atoms with E-state index in [1.54, 1.807) is 4.90 Å². The summed E-state index contributed by atoms with van der Waals surface area (Å²) in [5.41, 5.74) is 0. The highest BCUT2D eigenvalue weighted by Crippen LogP contribution is 2.34. The average Bonchev–Trinajstić information content (AvgIpc) is 3.03. The number of rotatable bonds is 6. The fourth-order valence-corrected chi connectivity index (χ4v) is 2.42. The molecule has 0 radical (unpaired) electrons. The maximum Gasteiger partial charge on any atom is 0.471 e. The number of amides is 1. The Morgan fingerprint density at radius 1 is 1.25 bits per heavy atom. The smallest absolute Gasteiger partial charge is 0.471 e.